The van der Waals surface area contributed by atoms with Gasteiger partial charge in [0.05, 0.1) is 19.3 Å². The Labute approximate surface area is 121 Å². The normalized spacial score (nSPS) is 17.6. The average molecular weight is 363 g/mol. The molecule has 0 aliphatic carbocycles. The molecule has 0 aromatic carbocycles. The smallest absolute Gasteiger partial charge is 0.132 e. The van der Waals surface area contributed by atoms with Crippen molar-refractivity contribution >= 4 is 34.2 Å². The van der Waals surface area contributed by atoms with Gasteiger partial charge in [-0.2, -0.15) is 0 Å². The largest absolute Gasteiger partial charge is 0.392 e. The van der Waals surface area contributed by atoms with Crippen LogP contribution in [0.4, 0.5) is 11.6 Å². The van der Waals surface area contributed by atoms with E-state index >= 15 is 0 Å². The van der Waals surface area contributed by atoms with Crippen LogP contribution in [0.25, 0.3) is 0 Å². The van der Waals surface area contributed by atoms with Crippen LogP contribution in [0.15, 0.2) is 12.1 Å². The average Bonchev–Trinajstić information content (AvgIpc) is 2.37. The lowest BCUT2D eigenvalue weighted by Crippen LogP contribution is -2.36. The summed E-state index contributed by atoms with van der Waals surface area (Å²) in [6.45, 7) is 5.53. The number of anilines is 2. The lowest BCUT2D eigenvalue weighted by Gasteiger charge is -2.28. The second-order valence-electron chi connectivity index (χ2n) is 4.36. The van der Waals surface area contributed by atoms with Gasteiger partial charge in [-0.25, -0.2) is 4.98 Å². The maximum absolute atomic E-state index is 9.28. The standard InChI is InChI=1S/C12H18IN3O2/c1-9(17)8-14-11-6-10(13)7-12(15-11)16-2-4-18-5-3-16/h6-7,9,17H,2-5,8H2,1H3,(H,14,15). The van der Waals surface area contributed by atoms with Crippen LogP contribution < -0.4 is 10.2 Å². The van der Waals surface area contributed by atoms with Gasteiger partial charge in [0.1, 0.15) is 11.6 Å². The Hall–Kier alpha value is -0.600. The number of hydrogen-bond donors (Lipinski definition) is 2. The lowest BCUT2D eigenvalue weighted by atomic mass is 10.3. The van der Waals surface area contributed by atoms with Crippen molar-refractivity contribution in [3.63, 3.8) is 0 Å². The van der Waals surface area contributed by atoms with Crippen molar-refractivity contribution in [2.45, 2.75) is 13.0 Å². The SMILES string of the molecule is CC(O)CNc1cc(I)cc(N2CCOCC2)n1. The molecule has 1 aliphatic heterocycles. The molecule has 1 aliphatic rings. The van der Waals surface area contributed by atoms with Gasteiger partial charge in [-0.15, -0.1) is 0 Å². The van der Waals surface area contributed by atoms with E-state index in [2.05, 4.69) is 43.9 Å². The van der Waals surface area contributed by atoms with Crippen molar-refractivity contribution in [2.24, 2.45) is 0 Å². The predicted octanol–water partition coefficient (Wildman–Crippen LogP) is 1.32. The van der Waals surface area contributed by atoms with E-state index in [1.165, 1.54) is 0 Å². The summed E-state index contributed by atoms with van der Waals surface area (Å²) in [4.78, 5) is 6.79. The van der Waals surface area contributed by atoms with Crippen molar-refractivity contribution in [3.8, 4) is 0 Å². The number of nitrogens with zero attached hydrogens (tertiary/aromatic N) is 2. The van der Waals surface area contributed by atoms with Gasteiger partial charge in [-0.1, -0.05) is 0 Å². The number of morpholine rings is 1. The van der Waals surface area contributed by atoms with Gasteiger partial charge in [0.15, 0.2) is 0 Å². The van der Waals surface area contributed by atoms with Crippen LogP contribution in [-0.2, 0) is 4.74 Å². The third-order valence-electron chi connectivity index (χ3n) is 2.69. The van der Waals surface area contributed by atoms with Crippen LogP contribution in [0, 0.1) is 3.57 Å². The Bertz CT molecular complexity index is 395. The number of aliphatic hydroxyl groups is 1. The summed E-state index contributed by atoms with van der Waals surface area (Å²) in [5.41, 5.74) is 0. The van der Waals surface area contributed by atoms with Gasteiger partial charge in [0, 0.05) is 23.2 Å². The first kappa shape index (κ1) is 13.8. The molecule has 1 aromatic heterocycles. The van der Waals surface area contributed by atoms with E-state index in [9.17, 15) is 5.11 Å². The summed E-state index contributed by atoms with van der Waals surface area (Å²) >= 11 is 2.28. The molecule has 1 unspecified atom stereocenters. The molecular weight excluding hydrogens is 345 g/mol. The van der Waals surface area contributed by atoms with Gasteiger partial charge in [0.25, 0.3) is 0 Å². The number of pyridine rings is 1. The maximum atomic E-state index is 9.28. The van der Waals surface area contributed by atoms with Crippen LogP contribution in [0.5, 0.6) is 0 Å². The zero-order valence-electron chi connectivity index (χ0n) is 10.4. The molecule has 0 radical (unpaired) electrons. The van der Waals surface area contributed by atoms with Gasteiger partial charge in [0.2, 0.25) is 0 Å². The predicted molar refractivity (Wildman–Crippen MR) is 80.2 cm³/mol. The summed E-state index contributed by atoms with van der Waals surface area (Å²) in [6, 6.07) is 4.05. The third kappa shape index (κ3) is 3.96. The van der Waals surface area contributed by atoms with E-state index in [4.69, 9.17) is 4.74 Å². The number of ether oxygens (including phenoxy) is 1. The molecular formula is C12H18IN3O2. The van der Waals surface area contributed by atoms with E-state index in [1.54, 1.807) is 6.92 Å². The molecule has 1 fully saturated rings. The molecule has 18 heavy (non-hydrogen) atoms. The van der Waals surface area contributed by atoms with Crippen molar-refractivity contribution in [2.75, 3.05) is 43.1 Å². The fourth-order valence-electron chi connectivity index (χ4n) is 1.78. The van der Waals surface area contributed by atoms with E-state index in [-0.39, 0.29) is 6.10 Å². The van der Waals surface area contributed by atoms with Gasteiger partial charge >= 0.3 is 0 Å². The Morgan fingerprint density at radius 3 is 2.89 bits per heavy atom. The number of aliphatic hydroxyl groups excluding tert-OH is 1. The zero-order valence-corrected chi connectivity index (χ0v) is 12.6. The quantitative estimate of drug-likeness (QED) is 0.791. The minimum absolute atomic E-state index is 0.378. The van der Waals surface area contributed by atoms with Gasteiger partial charge in [-0.3, -0.25) is 0 Å². The summed E-state index contributed by atoms with van der Waals surface area (Å²) in [5, 5.41) is 12.4. The highest BCUT2D eigenvalue weighted by Gasteiger charge is 2.13. The molecule has 0 bridgehead atoms. The second-order valence-corrected chi connectivity index (χ2v) is 5.60. The van der Waals surface area contributed by atoms with Crippen LogP contribution in [0.1, 0.15) is 6.92 Å². The fraction of sp³-hybridized carbons (Fsp3) is 0.583. The number of rotatable bonds is 4. The fourth-order valence-corrected chi connectivity index (χ4v) is 2.35. The summed E-state index contributed by atoms with van der Waals surface area (Å²) in [6.07, 6.45) is -0.378. The number of aromatic nitrogens is 1. The van der Waals surface area contributed by atoms with Crippen LogP contribution in [0.3, 0.4) is 0 Å². The molecule has 0 amide bonds. The van der Waals surface area contributed by atoms with Gasteiger partial charge in [-0.05, 0) is 41.6 Å². The highest BCUT2D eigenvalue weighted by Crippen LogP contribution is 2.20. The van der Waals surface area contributed by atoms with Crippen LogP contribution in [0.2, 0.25) is 0 Å². The Morgan fingerprint density at radius 1 is 1.50 bits per heavy atom. The molecule has 2 N–H and O–H groups in total. The molecule has 1 saturated heterocycles. The topological polar surface area (TPSA) is 57.6 Å². The first-order valence-electron chi connectivity index (χ1n) is 6.07. The highest BCUT2D eigenvalue weighted by atomic mass is 127. The van der Waals surface area contributed by atoms with E-state index in [1.807, 2.05) is 6.07 Å². The number of nitrogens with one attached hydrogen (secondary N) is 1. The number of hydrogen-bond acceptors (Lipinski definition) is 5. The Kier molecular flexibility index (Phi) is 5.02. The maximum Gasteiger partial charge on any atom is 0.132 e. The van der Waals surface area contributed by atoms with E-state index in [0.29, 0.717) is 6.54 Å². The second kappa shape index (κ2) is 6.53. The Morgan fingerprint density at radius 2 is 2.22 bits per heavy atom. The molecule has 2 heterocycles. The van der Waals surface area contributed by atoms with Crippen LogP contribution in [-0.4, -0.2) is 49.0 Å². The van der Waals surface area contributed by atoms with E-state index in [0.717, 1.165) is 41.5 Å². The molecule has 2 rings (SSSR count). The van der Waals surface area contributed by atoms with Crippen molar-refractivity contribution in [1.82, 2.24) is 4.98 Å². The van der Waals surface area contributed by atoms with Crippen molar-refractivity contribution < 1.29 is 9.84 Å². The molecule has 0 saturated carbocycles. The third-order valence-corrected chi connectivity index (χ3v) is 3.31. The summed E-state index contributed by atoms with van der Waals surface area (Å²) < 4.78 is 6.48. The molecule has 1 aromatic rings. The monoisotopic (exact) mass is 363 g/mol. The minimum Gasteiger partial charge on any atom is -0.392 e. The number of halogens is 1. The van der Waals surface area contributed by atoms with Crippen molar-refractivity contribution in [3.05, 3.63) is 15.7 Å². The highest BCUT2D eigenvalue weighted by molar-refractivity contribution is 14.1. The molecule has 6 heteroatoms. The molecule has 5 nitrogen and oxygen atoms in total. The first-order chi connectivity index (χ1) is 8.65. The summed E-state index contributed by atoms with van der Waals surface area (Å²) in [5.74, 6) is 1.78. The lowest BCUT2D eigenvalue weighted by molar-refractivity contribution is 0.122. The van der Waals surface area contributed by atoms with Crippen LogP contribution >= 0.6 is 22.6 Å². The van der Waals surface area contributed by atoms with Crippen molar-refractivity contribution in [1.29, 1.82) is 0 Å². The Balaban J connectivity index is 2.09. The zero-order chi connectivity index (χ0) is 13.0. The first-order valence-corrected chi connectivity index (χ1v) is 7.15. The van der Waals surface area contributed by atoms with Gasteiger partial charge < -0.3 is 20.1 Å². The minimum atomic E-state index is -0.378. The molecule has 0 spiro atoms. The molecule has 1 atom stereocenters. The summed E-state index contributed by atoms with van der Waals surface area (Å²) in [7, 11) is 0. The van der Waals surface area contributed by atoms with E-state index < -0.39 is 0 Å². The molecule has 100 valence electrons.